The highest BCUT2D eigenvalue weighted by atomic mass is 32.2. The predicted molar refractivity (Wildman–Crippen MR) is 138 cm³/mol. The highest BCUT2D eigenvalue weighted by Crippen LogP contribution is 2.28. The third-order valence-corrected chi connectivity index (χ3v) is 6.19. The SMILES string of the molecule is CCC(Sc1cccc(NC(=S)Nc2ccccc2)c1)C(=O)Nc1ccc(C(C)=O)cc1. The van der Waals surface area contributed by atoms with Crippen LogP contribution in [0.5, 0.6) is 0 Å². The molecule has 3 N–H and O–H groups in total. The number of Topliss-reactive ketones (excluding diaryl/α,β-unsaturated/α-hetero) is 1. The van der Waals surface area contributed by atoms with Crippen LogP contribution in [-0.2, 0) is 4.79 Å². The van der Waals surface area contributed by atoms with Crippen LogP contribution in [0, 0.1) is 0 Å². The van der Waals surface area contributed by atoms with E-state index >= 15 is 0 Å². The first-order valence-corrected chi connectivity index (χ1v) is 11.5. The third kappa shape index (κ3) is 6.93. The van der Waals surface area contributed by atoms with Gasteiger partial charge < -0.3 is 16.0 Å². The van der Waals surface area contributed by atoms with E-state index in [1.165, 1.54) is 18.7 Å². The number of carbonyl (C=O) groups is 2. The van der Waals surface area contributed by atoms with Crippen LogP contribution in [0.25, 0.3) is 0 Å². The Labute approximate surface area is 198 Å². The van der Waals surface area contributed by atoms with Gasteiger partial charge in [0.2, 0.25) is 5.91 Å². The number of ketones is 1. The van der Waals surface area contributed by atoms with Gasteiger partial charge >= 0.3 is 0 Å². The summed E-state index contributed by atoms with van der Waals surface area (Å²) >= 11 is 6.90. The largest absolute Gasteiger partial charge is 0.332 e. The summed E-state index contributed by atoms with van der Waals surface area (Å²) in [5.41, 5.74) is 3.05. The number of para-hydroxylation sites is 1. The minimum Gasteiger partial charge on any atom is -0.332 e. The molecule has 0 saturated carbocycles. The Bertz CT molecular complexity index is 1090. The van der Waals surface area contributed by atoms with E-state index in [0.717, 1.165) is 16.3 Å². The quantitative estimate of drug-likeness (QED) is 0.210. The van der Waals surface area contributed by atoms with Crippen molar-refractivity contribution in [2.24, 2.45) is 0 Å². The molecule has 1 atom stereocenters. The van der Waals surface area contributed by atoms with E-state index in [9.17, 15) is 9.59 Å². The fourth-order valence-corrected chi connectivity index (χ4v) is 4.21. The maximum atomic E-state index is 12.8. The van der Waals surface area contributed by atoms with Crippen molar-refractivity contribution in [2.45, 2.75) is 30.4 Å². The van der Waals surface area contributed by atoms with Gasteiger partial charge in [-0.2, -0.15) is 0 Å². The maximum absolute atomic E-state index is 12.8. The van der Waals surface area contributed by atoms with Gasteiger partial charge in [-0.15, -0.1) is 11.8 Å². The molecule has 0 heterocycles. The van der Waals surface area contributed by atoms with Crippen molar-refractivity contribution in [3.8, 4) is 0 Å². The van der Waals surface area contributed by atoms with Crippen molar-refractivity contribution in [1.82, 2.24) is 0 Å². The van der Waals surface area contributed by atoms with Crippen molar-refractivity contribution in [2.75, 3.05) is 16.0 Å². The minimum absolute atomic E-state index is 0.00296. The lowest BCUT2D eigenvalue weighted by Gasteiger charge is -2.16. The smallest absolute Gasteiger partial charge is 0.237 e. The second-order valence-corrected chi connectivity index (χ2v) is 8.79. The van der Waals surface area contributed by atoms with Crippen molar-refractivity contribution in [3.05, 3.63) is 84.4 Å². The van der Waals surface area contributed by atoms with Crippen LogP contribution in [-0.4, -0.2) is 22.1 Å². The van der Waals surface area contributed by atoms with Crippen molar-refractivity contribution >= 4 is 57.8 Å². The van der Waals surface area contributed by atoms with Gasteiger partial charge in [-0.3, -0.25) is 9.59 Å². The van der Waals surface area contributed by atoms with Gasteiger partial charge in [0.05, 0.1) is 5.25 Å². The van der Waals surface area contributed by atoms with Crippen LogP contribution in [0.3, 0.4) is 0 Å². The number of benzene rings is 3. The molecule has 7 heteroatoms. The lowest BCUT2D eigenvalue weighted by atomic mass is 10.1. The lowest BCUT2D eigenvalue weighted by Crippen LogP contribution is -2.24. The topological polar surface area (TPSA) is 70.2 Å². The summed E-state index contributed by atoms with van der Waals surface area (Å²) in [6.07, 6.45) is 0.674. The molecule has 5 nitrogen and oxygen atoms in total. The molecule has 0 bridgehead atoms. The summed E-state index contributed by atoms with van der Waals surface area (Å²) in [7, 11) is 0. The van der Waals surface area contributed by atoms with E-state index in [2.05, 4.69) is 16.0 Å². The molecule has 0 saturated heterocycles. The number of rotatable bonds is 8. The first-order chi connectivity index (χ1) is 15.4. The van der Waals surface area contributed by atoms with Crippen LogP contribution in [0.15, 0.2) is 83.8 Å². The summed E-state index contributed by atoms with van der Waals surface area (Å²) in [5, 5.41) is 9.51. The second-order valence-electron chi connectivity index (χ2n) is 7.11. The Morgan fingerprint density at radius 2 is 1.47 bits per heavy atom. The Hall–Kier alpha value is -3.16. The molecule has 0 aliphatic carbocycles. The maximum Gasteiger partial charge on any atom is 0.237 e. The van der Waals surface area contributed by atoms with Crippen LogP contribution in [0.1, 0.15) is 30.6 Å². The fraction of sp³-hybridized carbons (Fsp3) is 0.160. The molecule has 0 fully saturated rings. The number of thiocarbonyl (C=S) groups is 1. The average molecular weight is 464 g/mol. The van der Waals surface area contributed by atoms with E-state index in [1.54, 1.807) is 24.3 Å². The molecular weight excluding hydrogens is 438 g/mol. The van der Waals surface area contributed by atoms with Crippen molar-refractivity contribution in [1.29, 1.82) is 0 Å². The van der Waals surface area contributed by atoms with Crippen molar-refractivity contribution in [3.63, 3.8) is 0 Å². The van der Waals surface area contributed by atoms with Gasteiger partial charge in [-0.1, -0.05) is 31.2 Å². The van der Waals surface area contributed by atoms with Gasteiger partial charge in [0.25, 0.3) is 0 Å². The third-order valence-electron chi connectivity index (χ3n) is 4.62. The number of hydrogen-bond acceptors (Lipinski definition) is 4. The molecule has 0 aliphatic heterocycles. The van der Waals surface area contributed by atoms with E-state index in [-0.39, 0.29) is 16.9 Å². The van der Waals surface area contributed by atoms with E-state index in [0.29, 0.717) is 22.8 Å². The number of thioether (sulfide) groups is 1. The van der Waals surface area contributed by atoms with Gasteiger partial charge in [-0.25, -0.2) is 0 Å². The zero-order chi connectivity index (χ0) is 22.9. The molecule has 1 unspecified atom stereocenters. The normalized spacial score (nSPS) is 11.3. The molecule has 1 amide bonds. The molecule has 164 valence electrons. The Balaban J connectivity index is 1.60. The minimum atomic E-state index is -0.257. The molecule has 32 heavy (non-hydrogen) atoms. The molecule has 0 aliphatic rings. The average Bonchev–Trinajstić information content (AvgIpc) is 2.78. The van der Waals surface area contributed by atoms with Crippen LogP contribution >= 0.6 is 24.0 Å². The summed E-state index contributed by atoms with van der Waals surface area (Å²) in [6.45, 7) is 3.50. The first kappa shape index (κ1) is 23.5. The van der Waals surface area contributed by atoms with E-state index in [4.69, 9.17) is 12.2 Å². The Morgan fingerprint density at radius 3 is 2.12 bits per heavy atom. The lowest BCUT2D eigenvalue weighted by molar-refractivity contribution is -0.115. The monoisotopic (exact) mass is 463 g/mol. The predicted octanol–water partition coefficient (Wildman–Crippen LogP) is 6.21. The van der Waals surface area contributed by atoms with Gasteiger partial charge in [0.1, 0.15) is 0 Å². The summed E-state index contributed by atoms with van der Waals surface area (Å²) < 4.78 is 0. The zero-order valence-electron chi connectivity index (χ0n) is 17.9. The highest BCUT2D eigenvalue weighted by molar-refractivity contribution is 8.00. The number of amides is 1. The molecule has 0 spiro atoms. The number of hydrogen-bond donors (Lipinski definition) is 3. The number of carbonyl (C=O) groups excluding carboxylic acids is 2. The Morgan fingerprint density at radius 1 is 0.844 bits per heavy atom. The van der Waals surface area contributed by atoms with Crippen LogP contribution < -0.4 is 16.0 Å². The summed E-state index contributed by atoms with van der Waals surface area (Å²) in [4.78, 5) is 25.2. The highest BCUT2D eigenvalue weighted by Gasteiger charge is 2.18. The molecule has 3 aromatic carbocycles. The molecule has 0 radical (unpaired) electrons. The molecule has 3 rings (SSSR count). The van der Waals surface area contributed by atoms with Gasteiger partial charge in [0, 0.05) is 27.5 Å². The van der Waals surface area contributed by atoms with Crippen LogP contribution in [0.2, 0.25) is 0 Å². The standard InChI is InChI=1S/C25H25N3O2S2/c1-3-23(24(30)26-20-14-12-18(13-15-20)17(2)29)32-22-11-7-10-21(16-22)28-25(31)27-19-8-5-4-6-9-19/h4-16,23H,3H2,1-2H3,(H,26,30)(H2,27,28,31). The van der Waals surface area contributed by atoms with Crippen molar-refractivity contribution < 1.29 is 9.59 Å². The molecule has 3 aromatic rings. The van der Waals surface area contributed by atoms with E-state index < -0.39 is 0 Å². The fourth-order valence-electron chi connectivity index (χ4n) is 2.96. The Kier molecular flexibility index (Phi) is 8.41. The first-order valence-electron chi connectivity index (χ1n) is 10.3. The van der Waals surface area contributed by atoms with Crippen LogP contribution in [0.4, 0.5) is 17.1 Å². The molecule has 0 aromatic heterocycles. The van der Waals surface area contributed by atoms with Gasteiger partial charge in [-0.05, 0) is 80.2 Å². The second kappa shape index (κ2) is 11.5. The molecular formula is C25H25N3O2S2. The number of anilines is 3. The number of nitrogens with one attached hydrogen (secondary N) is 3. The summed E-state index contributed by atoms with van der Waals surface area (Å²) in [5.74, 6) is -0.0792. The van der Waals surface area contributed by atoms with Gasteiger partial charge in [0.15, 0.2) is 10.9 Å². The van der Waals surface area contributed by atoms with E-state index in [1.807, 2.05) is 61.5 Å². The zero-order valence-corrected chi connectivity index (χ0v) is 19.6. The summed E-state index contributed by atoms with van der Waals surface area (Å²) in [6, 6.07) is 24.5.